The number of nitrogens with zero attached hydrogens (tertiary/aromatic N) is 6. The minimum atomic E-state index is 0.0163. The Bertz CT molecular complexity index is 1020. The third kappa shape index (κ3) is 4.12. The van der Waals surface area contributed by atoms with Crippen LogP contribution in [-0.2, 0) is 4.79 Å². The Kier molecular flexibility index (Phi) is 5.52. The zero-order valence-electron chi connectivity index (χ0n) is 16.8. The lowest BCUT2D eigenvalue weighted by molar-refractivity contribution is -0.120. The maximum atomic E-state index is 13.0. The van der Waals surface area contributed by atoms with Crippen LogP contribution in [0.1, 0.15) is 38.5 Å². The van der Waals surface area contributed by atoms with Crippen molar-refractivity contribution in [2.75, 3.05) is 23.3 Å². The van der Waals surface area contributed by atoms with Crippen LogP contribution in [0.3, 0.4) is 0 Å². The average molecular weight is 424 g/mol. The number of hydrogen-bond donors (Lipinski definition) is 1. The first-order chi connectivity index (χ1) is 14.8. The molecule has 0 atom stereocenters. The van der Waals surface area contributed by atoms with Crippen LogP contribution in [0.5, 0.6) is 0 Å². The topological polar surface area (TPSA) is 88.3 Å². The maximum absolute atomic E-state index is 13.0. The number of tetrazole rings is 1. The zero-order valence-corrected chi connectivity index (χ0v) is 17.6. The van der Waals surface area contributed by atoms with Gasteiger partial charge in [0.2, 0.25) is 5.91 Å². The number of carbonyl (C=O) groups is 1. The van der Waals surface area contributed by atoms with Gasteiger partial charge in [0.1, 0.15) is 0 Å². The number of aromatic nitrogens is 5. The number of piperidine rings is 1. The molecule has 1 saturated heterocycles. The van der Waals surface area contributed by atoms with Crippen LogP contribution in [0.15, 0.2) is 41.3 Å². The number of benzene rings is 1. The Balaban J connectivity index is 1.20. The molecule has 1 aliphatic carbocycles. The van der Waals surface area contributed by atoms with E-state index in [4.69, 9.17) is 0 Å². The molecule has 2 aromatic heterocycles. The molecule has 1 N–H and O–H groups in total. The van der Waals surface area contributed by atoms with Crippen molar-refractivity contribution in [3.05, 3.63) is 36.4 Å². The highest BCUT2D eigenvalue weighted by molar-refractivity contribution is 8.00. The summed E-state index contributed by atoms with van der Waals surface area (Å²) in [5.41, 5.74) is 1.58. The second kappa shape index (κ2) is 8.59. The van der Waals surface area contributed by atoms with Gasteiger partial charge in [-0.15, -0.1) is 26.6 Å². The summed E-state index contributed by atoms with van der Waals surface area (Å²) >= 11 is 1.92. The number of hydrogen-bond acceptors (Lipinski definition) is 7. The van der Waals surface area contributed by atoms with E-state index in [1.807, 2.05) is 36.0 Å². The lowest BCUT2D eigenvalue weighted by atomic mass is 9.96. The molecule has 1 aliphatic heterocycles. The van der Waals surface area contributed by atoms with Crippen LogP contribution < -0.4 is 10.2 Å². The minimum absolute atomic E-state index is 0.0163. The molecule has 0 radical (unpaired) electrons. The van der Waals surface area contributed by atoms with Gasteiger partial charge in [-0.25, -0.2) is 0 Å². The molecule has 0 bridgehead atoms. The van der Waals surface area contributed by atoms with Crippen molar-refractivity contribution in [3.8, 4) is 0 Å². The normalized spacial score (nSPS) is 18.2. The number of fused-ring (bicyclic) bond motifs is 1. The number of para-hydroxylation sites is 1. The van der Waals surface area contributed by atoms with Crippen molar-refractivity contribution in [2.45, 2.75) is 48.7 Å². The molecule has 2 aliphatic rings. The summed E-state index contributed by atoms with van der Waals surface area (Å²) in [5, 5.41) is 19.7. The fourth-order valence-corrected chi connectivity index (χ4v) is 5.60. The molecule has 156 valence electrons. The van der Waals surface area contributed by atoms with Crippen molar-refractivity contribution in [1.82, 2.24) is 25.3 Å². The fraction of sp³-hybridized carbons (Fsp3) is 0.476. The van der Waals surface area contributed by atoms with Crippen molar-refractivity contribution in [1.29, 1.82) is 0 Å². The molecule has 2 fully saturated rings. The highest BCUT2D eigenvalue weighted by Gasteiger charge is 2.27. The third-order valence-electron chi connectivity index (χ3n) is 5.99. The number of carbonyl (C=O) groups excluding carboxylic acids is 1. The van der Waals surface area contributed by atoms with Gasteiger partial charge in [0.15, 0.2) is 11.5 Å². The molecule has 30 heavy (non-hydrogen) atoms. The molecule has 5 rings (SSSR count). The monoisotopic (exact) mass is 423 g/mol. The predicted octanol–water partition coefficient (Wildman–Crippen LogP) is 3.41. The van der Waals surface area contributed by atoms with Crippen LogP contribution >= 0.6 is 11.8 Å². The molecule has 0 spiro atoms. The summed E-state index contributed by atoms with van der Waals surface area (Å²) in [7, 11) is 0. The van der Waals surface area contributed by atoms with E-state index in [2.05, 4.69) is 43.0 Å². The summed E-state index contributed by atoms with van der Waals surface area (Å²) < 4.78 is 1.44. The van der Waals surface area contributed by atoms with Gasteiger partial charge in [0.05, 0.1) is 5.69 Å². The molecule has 9 heteroatoms. The van der Waals surface area contributed by atoms with E-state index < -0.39 is 0 Å². The van der Waals surface area contributed by atoms with Gasteiger partial charge >= 0.3 is 0 Å². The van der Waals surface area contributed by atoms with Crippen LogP contribution in [0.4, 0.5) is 11.5 Å². The summed E-state index contributed by atoms with van der Waals surface area (Å²) in [4.78, 5) is 16.3. The smallest absolute Gasteiger partial charge is 0.227 e. The Morgan fingerprint density at radius 1 is 1.03 bits per heavy atom. The lowest BCUT2D eigenvalue weighted by Crippen LogP contribution is -2.38. The molecule has 0 unspecified atom stereocenters. The molecule has 1 aromatic carbocycles. The van der Waals surface area contributed by atoms with Crippen molar-refractivity contribution in [3.63, 3.8) is 0 Å². The first-order valence-corrected chi connectivity index (χ1v) is 11.5. The van der Waals surface area contributed by atoms with E-state index in [0.29, 0.717) is 10.9 Å². The molecule has 3 heterocycles. The first-order valence-electron chi connectivity index (χ1n) is 10.6. The van der Waals surface area contributed by atoms with Gasteiger partial charge in [-0.3, -0.25) is 4.79 Å². The minimum Gasteiger partial charge on any atom is -0.355 e. The molecule has 8 nitrogen and oxygen atoms in total. The Morgan fingerprint density at radius 3 is 2.67 bits per heavy atom. The van der Waals surface area contributed by atoms with Gasteiger partial charge in [-0.05, 0) is 60.4 Å². The van der Waals surface area contributed by atoms with Crippen LogP contribution in [-0.4, -0.2) is 49.5 Å². The van der Waals surface area contributed by atoms with E-state index >= 15 is 0 Å². The lowest BCUT2D eigenvalue weighted by Gasteiger charge is -2.32. The Labute approximate surface area is 179 Å². The number of nitrogens with one attached hydrogen (secondary N) is 1. The molecular weight excluding hydrogens is 398 g/mol. The van der Waals surface area contributed by atoms with Gasteiger partial charge < -0.3 is 10.2 Å². The quantitative estimate of drug-likeness (QED) is 0.673. The standard InChI is InChI=1S/C21H25N7OS/c29-21(22-17-7-3-4-8-18(17)30-16-5-1-2-6-16)15-11-13-27(14-12-15)20-10-9-19-23-25-26-28(19)24-20/h3-4,7-10,15-16H,1-2,5-6,11-14H2,(H,22,29). The second-order valence-corrected chi connectivity index (χ2v) is 9.33. The fourth-order valence-electron chi connectivity index (χ4n) is 4.27. The molecule has 3 aromatic rings. The predicted molar refractivity (Wildman–Crippen MR) is 117 cm³/mol. The highest BCUT2D eigenvalue weighted by atomic mass is 32.2. The Morgan fingerprint density at radius 2 is 1.83 bits per heavy atom. The second-order valence-electron chi connectivity index (χ2n) is 7.99. The summed E-state index contributed by atoms with van der Waals surface area (Å²) in [6, 6.07) is 12.0. The number of anilines is 2. The SMILES string of the molecule is O=C(Nc1ccccc1SC1CCCC1)C1CCN(c2ccc3nnnn3n2)CC1. The summed E-state index contributed by atoms with van der Waals surface area (Å²) in [5.74, 6) is 0.979. The molecule has 1 saturated carbocycles. The maximum Gasteiger partial charge on any atom is 0.227 e. The van der Waals surface area contributed by atoms with E-state index in [1.165, 1.54) is 35.2 Å². The summed E-state index contributed by atoms with van der Waals surface area (Å²) in [6.07, 6.45) is 6.80. The van der Waals surface area contributed by atoms with Crippen LogP contribution in [0.25, 0.3) is 5.65 Å². The van der Waals surface area contributed by atoms with Crippen molar-refractivity contribution >= 4 is 34.8 Å². The van der Waals surface area contributed by atoms with Crippen LogP contribution in [0.2, 0.25) is 0 Å². The number of rotatable bonds is 5. The van der Waals surface area contributed by atoms with Gasteiger partial charge in [0, 0.05) is 29.2 Å². The zero-order chi connectivity index (χ0) is 20.3. The third-order valence-corrected chi connectivity index (χ3v) is 7.40. The van der Waals surface area contributed by atoms with Gasteiger partial charge in [0.25, 0.3) is 0 Å². The average Bonchev–Trinajstić information content (AvgIpc) is 3.46. The van der Waals surface area contributed by atoms with E-state index in [0.717, 1.165) is 37.4 Å². The van der Waals surface area contributed by atoms with Crippen molar-refractivity contribution < 1.29 is 4.79 Å². The van der Waals surface area contributed by atoms with E-state index in [-0.39, 0.29) is 11.8 Å². The Hall–Kier alpha value is -2.68. The largest absolute Gasteiger partial charge is 0.355 e. The van der Waals surface area contributed by atoms with Gasteiger partial charge in [-0.2, -0.15) is 0 Å². The first kappa shape index (κ1) is 19.3. The summed E-state index contributed by atoms with van der Waals surface area (Å²) in [6.45, 7) is 1.58. The molecule has 1 amide bonds. The van der Waals surface area contributed by atoms with E-state index in [9.17, 15) is 4.79 Å². The number of amides is 1. The van der Waals surface area contributed by atoms with Crippen LogP contribution in [0, 0.1) is 5.92 Å². The van der Waals surface area contributed by atoms with E-state index in [1.54, 1.807) is 0 Å². The number of thioether (sulfide) groups is 1. The highest BCUT2D eigenvalue weighted by Crippen LogP contribution is 2.38. The van der Waals surface area contributed by atoms with Crippen molar-refractivity contribution in [2.24, 2.45) is 5.92 Å². The molecular formula is C21H25N7OS. The van der Waals surface area contributed by atoms with Gasteiger partial charge in [-0.1, -0.05) is 25.0 Å².